The van der Waals surface area contributed by atoms with Gasteiger partial charge in [0.05, 0.1) is 18.4 Å². The van der Waals surface area contributed by atoms with Crippen molar-refractivity contribution in [2.75, 3.05) is 0 Å². The molecule has 1 amide bonds. The number of amides is 1. The van der Waals surface area contributed by atoms with Gasteiger partial charge in [0.2, 0.25) is 0 Å². The van der Waals surface area contributed by atoms with Crippen LogP contribution < -0.4 is 15.6 Å². The molecule has 1 aromatic carbocycles. The number of aromatic nitrogens is 3. The third-order valence-electron chi connectivity index (χ3n) is 4.00. The van der Waals surface area contributed by atoms with E-state index in [0.29, 0.717) is 17.9 Å². The number of nitrogens with one attached hydrogen (secondary N) is 3. The predicted octanol–water partition coefficient (Wildman–Crippen LogP) is 1.41. The number of carbonyl (C=O) groups excluding carboxylic acids is 1. The second-order valence-electron chi connectivity index (χ2n) is 6.36. The zero-order valence-corrected chi connectivity index (χ0v) is 17.5. The summed E-state index contributed by atoms with van der Waals surface area (Å²) in [6, 6.07) is 10.7. The van der Waals surface area contributed by atoms with Crippen LogP contribution in [0.3, 0.4) is 0 Å². The fraction of sp³-hybridized carbons (Fsp3) is 0.150. The van der Waals surface area contributed by atoms with Gasteiger partial charge >= 0.3 is 0 Å². The number of aryl methyl sites for hydroxylation is 1. The van der Waals surface area contributed by atoms with Crippen LogP contribution in [-0.4, -0.2) is 29.1 Å². The molecule has 3 aromatic rings. The van der Waals surface area contributed by atoms with E-state index in [-0.39, 0.29) is 5.69 Å². The summed E-state index contributed by atoms with van der Waals surface area (Å²) in [7, 11) is -4.29. The lowest BCUT2D eigenvalue weighted by molar-refractivity contribution is 0.0940. The van der Waals surface area contributed by atoms with Gasteiger partial charge in [0.1, 0.15) is 16.4 Å². The van der Waals surface area contributed by atoms with Crippen molar-refractivity contribution in [2.45, 2.75) is 25.3 Å². The van der Waals surface area contributed by atoms with Crippen LogP contribution >= 0.6 is 0 Å². The first kappa shape index (κ1) is 21.9. The third-order valence-corrected chi connectivity index (χ3v) is 5.28. The quantitative estimate of drug-likeness (QED) is 0.289. The Morgan fingerprint density at radius 3 is 2.77 bits per heavy atom. The van der Waals surface area contributed by atoms with E-state index >= 15 is 0 Å². The molecule has 0 aliphatic rings. The van der Waals surface area contributed by atoms with Crippen LogP contribution in [0.1, 0.15) is 28.7 Å². The summed E-state index contributed by atoms with van der Waals surface area (Å²) in [5, 5.41) is 7.18. The predicted molar refractivity (Wildman–Crippen MR) is 111 cm³/mol. The van der Waals surface area contributed by atoms with E-state index in [4.69, 9.17) is 0 Å². The van der Waals surface area contributed by atoms with Crippen molar-refractivity contribution in [3.8, 4) is 17.7 Å². The third kappa shape index (κ3) is 5.44. The van der Waals surface area contributed by atoms with Crippen molar-refractivity contribution in [3.63, 3.8) is 0 Å². The molecule has 3 N–H and O–H groups in total. The maximum Gasteiger partial charge on any atom is 0.284 e. The molecule has 0 atom stereocenters. The van der Waals surface area contributed by atoms with Crippen molar-refractivity contribution in [2.24, 2.45) is 0 Å². The molecule has 0 bridgehead atoms. The Morgan fingerprint density at radius 1 is 1.26 bits per heavy atom. The topological polar surface area (TPSA) is 118 Å². The van der Waals surface area contributed by atoms with Gasteiger partial charge in [0.25, 0.3) is 15.9 Å². The van der Waals surface area contributed by atoms with E-state index in [1.807, 2.05) is 10.3 Å². The van der Waals surface area contributed by atoms with Crippen LogP contribution in [0, 0.1) is 24.7 Å². The maximum atomic E-state index is 13.8. The maximum absolute atomic E-state index is 13.8. The summed E-state index contributed by atoms with van der Waals surface area (Å²) >= 11 is 0. The minimum absolute atomic E-state index is 0.0433. The molecule has 0 aliphatic heterocycles. The van der Waals surface area contributed by atoms with Crippen molar-refractivity contribution in [1.82, 2.24) is 30.3 Å². The van der Waals surface area contributed by atoms with Crippen molar-refractivity contribution >= 4 is 15.9 Å². The van der Waals surface area contributed by atoms with Crippen LogP contribution in [0.5, 0.6) is 0 Å². The SMILES string of the molecule is CC#CNCc1cnn(-c2cc(C)nc(C(=O)NNS(=O)(=O)c3ccccc3F)c2)c1. The fourth-order valence-electron chi connectivity index (χ4n) is 2.62. The van der Waals surface area contributed by atoms with Gasteiger partial charge in [-0.3, -0.25) is 10.2 Å². The summed E-state index contributed by atoms with van der Waals surface area (Å²) in [5.41, 5.74) is 3.96. The number of hydrogen-bond acceptors (Lipinski definition) is 6. The van der Waals surface area contributed by atoms with Crippen LogP contribution in [0.15, 0.2) is 53.7 Å². The molecule has 0 radical (unpaired) electrons. The monoisotopic (exact) mass is 442 g/mol. The Morgan fingerprint density at radius 2 is 2.03 bits per heavy atom. The number of benzene rings is 1. The number of nitrogens with zero attached hydrogens (tertiary/aromatic N) is 3. The molecule has 3 rings (SSSR count). The number of halogens is 1. The molecule has 0 saturated heterocycles. The molecule has 160 valence electrons. The number of carbonyl (C=O) groups is 1. The van der Waals surface area contributed by atoms with Gasteiger partial charge in [0, 0.05) is 23.5 Å². The van der Waals surface area contributed by atoms with Crippen molar-refractivity contribution < 1.29 is 17.6 Å². The van der Waals surface area contributed by atoms with Gasteiger partial charge < -0.3 is 5.32 Å². The van der Waals surface area contributed by atoms with E-state index in [1.54, 1.807) is 37.0 Å². The second-order valence-corrected chi connectivity index (χ2v) is 8.01. The smallest absolute Gasteiger partial charge is 0.284 e. The zero-order chi connectivity index (χ0) is 22.4. The minimum atomic E-state index is -4.29. The molecule has 2 heterocycles. The standard InChI is InChI=1S/C20H19FN6O3S/c1-3-8-22-11-15-12-23-27(13-15)16-9-14(2)24-18(10-16)20(28)25-26-31(29,30)19-7-5-4-6-17(19)21/h4-7,9-10,12-13,22,26H,11H2,1-2H3,(H,25,28). The number of rotatable bonds is 7. The Labute approximate surface area is 178 Å². The summed E-state index contributed by atoms with van der Waals surface area (Å²) in [6.07, 6.45) is 3.42. The summed E-state index contributed by atoms with van der Waals surface area (Å²) in [6.45, 7) is 3.90. The van der Waals surface area contributed by atoms with Crippen LogP contribution in [0.4, 0.5) is 4.39 Å². The Balaban J connectivity index is 1.76. The average Bonchev–Trinajstić information content (AvgIpc) is 3.21. The molecule has 2 aromatic heterocycles. The number of sulfonamides is 1. The molecule has 0 spiro atoms. The fourth-order valence-corrected chi connectivity index (χ4v) is 3.54. The lowest BCUT2D eigenvalue weighted by atomic mass is 10.2. The van der Waals surface area contributed by atoms with Gasteiger partial charge in [-0.05, 0) is 38.1 Å². The summed E-state index contributed by atoms with van der Waals surface area (Å²) in [5.74, 6) is 0.985. The van der Waals surface area contributed by atoms with E-state index < -0.39 is 26.6 Å². The summed E-state index contributed by atoms with van der Waals surface area (Å²) in [4.78, 5) is 17.9. The van der Waals surface area contributed by atoms with Crippen molar-refractivity contribution in [1.29, 1.82) is 0 Å². The van der Waals surface area contributed by atoms with Gasteiger partial charge in [0.15, 0.2) is 0 Å². The van der Waals surface area contributed by atoms with Gasteiger partial charge in [-0.25, -0.2) is 22.5 Å². The summed E-state index contributed by atoms with van der Waals surface area (Å²) < 4.78 is 39.8. The Kier molecular flexibility index (Phi) is 6.64. The number of hydrogen-bond donors (Lipinski definition) is 3. The lowest BCUT2D eigenvalue weighted by Crippen LogP contribution is -2.42. The van der Waals surface area contributed by atoms with Crippen LogP contribution in [0.25, 0.3) is 5.69 Å². The van der Waals surface area contributed by atoms with E-state index in [9.17, 15) is 17.6 Å². The van der Waals surface area contributed by atoms with Gasteiger partial charge in [-0.15, -0.1) is 4.83 Å². The molecule has 0 fully saturated rings. The van der Waals surface area contributed by atoms with Gasteiger partial charge in [-0.1, -0.05) is 18.1 Å². The number of hydrazine groups is 1. The first-order chi connectivity index (χ1) is 14.8. The lowest BCUT2D eigenvalue weighted by Gasteiger charge is -2.10. The molecule has 9 nitrogen and oxygen atoms in total. The molecule has 0 unspecified atom stereocenters. The number of pyridine rings is 1. The van der Waals surface area contributed by atoms with Gasteiger partial charge in [-0.2, -0.15) is 5.10 Å². The van der Waals surface area contributed by atoms with E-state index in [1.165, 1.54) is 18.2 Å². The highest BCUT2D eigenvalue weighted by molar-refractivity contribution is 7.89. The van der Waals surface area contributed by atoms with Crippen molar-refractivity contribution in [3.05, 3.63) is 71.6 Å². The Bertz CT molecular complexity index is 1280. The first-order valence-corrected chi connectivity index (χ1v) is 10.5. The minimum Gasteiger partial charge on any atom is -0.341 e. The van der Waals surface area contributed by atoms with Crippen LogP contribution in [-0.2, 0) is 16.6 Å². The first-order valence-electron chi connectivity index (χ1n) is 9.04. The van der Waals surface area contributed by atoms with E-state index in [2.05, 4.69) is 27.4 Å². The molecular weight excluding hydrogens is 423 g/mol. The second kappa shape index (κ2) is 9.38. The average molecular weight is 442 g/mol. The Hall–Kier alpha value is -3.75. The molecule has 11 heteroatoms. The zero-order valence-electron chi connectivity index (χ0n) is 16.7. The highest BCUT2D eigenvalue weighted by Crippen LogP contribution is 2.14. The normalized spacial score (nSPS) is 10.8. The highest BCUT2D eigenvalue weighted by Gasteiger charge is 2.20. The molecule has 0 aliphatic carbocycles. The van der Waals surface area contributed by atoms with Crippen LogP contribution in [0.2, 0.25) is 0 Å². The molecular formula is C20H19FN6O3S. The van der Waals surface area contributed by atoms with E-state index in [0.717, 1.165) is 17.7 Å². The highest BCUT2D eigenvalue weighted by atomic mass is 32.2. The largest absolute Gasteiger partial charge is 0.341 e. The molecule has 31 heavy (non-hydrogen) atoms. The molecule has 0 saturated carbocycles.